The highest BCUT2D eigenvalue weighted by Gasteiger charge is 2.28. The van der Waals surface area contributed by atoms with E-state index in [0.717, 1.165) is 16.8 Å². The molecule has 4 nitrogen and oxygen atoms in total. The van der Waals surface area contributed by atoms with Gasteiger partial charge in [-0.3, -0.25) is 9.36 Å². The maximum Gasteiger partial charge on any atom is 0.263 e. The Bertz CT molecular complexity index is 1270. The molecule has 1 aromatic heterocycles. The minimum Gasteiger partial charge on any atom is -0.360 e. The number of nitrogens with zero attached hydrogens (tertiary/aromatic N) is 2. The lowest BCUT2D eigenvalue weighted by Crippen LogP contribution is -2.35. The SMILES string of the molecule is O=c1c2ccccc2nc2n1C(c1ccc(Cl)c(Cl)c1)Nc1ccccc1-2. The molecule has 1 atom stereocenters. The second-order valence-corrected chi connectivity index (χ2v) is 7.21. The molecule has 6 heteroatoms. The molecule has 0 amide bonds. The molecule has 1 unspecified atom stereocenters. The zero-order valence-electron chi connectivity index (χ0n) is 14.0. The lowest BCUT2D eigenvalue weighted by molar-refractivity contribution is 0.620. The summed E-state index contributed by atoms with van der Waals surface area (Å²) in [4.78, 5) is 18.1. The Morgan fingerprint density at radius 2 is 1.70 bits per heavy atom. The predicted octanol–water partition coefficient (Wildman–Crippen LogP) is 5.34. The molecule has 1 aliphatic heterocycles. The van der Waals surface area contributed by atoms with Crippen molar-refractivity contribution in [3.05, 3.63) is 92.7 Å². The summed E-state index contributed by atoms with van der Waals surface area (Å²) in [6, 6.07) is 20.6. The third kappa shape index (κ3) is 2.52. The molecule has 132 valence electrons. The molecule has 1 aliphatic rings. The smallest absolute Gasteiger partial charge is 0.263 e. The summed E-state index contributed by atoms with van der Waals surface area (Å²) in [5, 5.41) is 4.94. The second kappa shape index (κ2) is 6.12. The second-order valence-electron chi connectivity index (χ2n) is 6.39. The monoisotopic (exact) mass is 393 g/mol. The minimum absolute atomic E-state index is 0.103. The molecule has 2 heterocycles. The molecule has 0 bridgehead atoms. The van der Waals surface area contributed by atoms with Gasteiger partial charge in [0.05, 0.1) is 20.9 Å². The van der Waals surface area contributed by atoms with Gasteiger partial charge in [-0.15, -0.1) is 0 Å². The van der Waals surface area contributed by atoms with Crippen molar-refractivity contribution in [2.24, 2.45) is 0 Å². The van der Waals surface area contributed by atoms with Gasteiger partial charge in [-0.2, -0.15) is 0 Å². The third-order valence-corrected chi connectivity index (χ3v) is 5.52. The molecule has 0 saturated heterocycles. The Balaban J connectivity index is 1.85. The minimum atomic E-state index is -0.436. The highest BCUT2D eigenvalue weighted by atomic mass is 35.5. The van der Waals surface area contributed by atoms with Crippen molar-refractivity contribution < 1.29 is 0 Å². The topological polar surface area (TPSA) is 46.9 Å². The molecule has 27 heavy (non-hydrogen) atoms. The molecule has 0 spiro atoms. The summed E-state index contributed by atoms with van der Waals surface area (Å²) in [5.74, 6) is 0.629. The predicted molar refractivity (Wildman–Crippen MR) is 110 cm³/mol. The first kappa shape index (κ1) is 16.4. The van der Waals surface area contributed by atoms with Crippen LogP contribution in [0.3, 0.4) is 0 Å². The zero-order valence-corrected chi connectivity index (χ0v) is 15.5. The fraction of sp³-hybridized carbons (Fsp3) is 0.0476. The standard InChI is InChI=1S/C21H13Cl2N3O/c22-15-10-9-12(11-16(15)23)19-24-17-7-3-1-5-13(17)20-25-18-8-4-2-6-14(18)21(27)26(19)20/h1-11,19,24H. The maximum atomic E-state index is 13.3. The normalized spacial score (nSPS) is 15.1. The first-order chi connectivity index (χ1) is 13.1. The summed E-state index contributed by atoms with van der Waals surface area (Å²) >= 11 is 12.3. The van der Waals surface area contributed by atoms with Crippen LogP contribution in [0.15, 0.2) is 71.5 Å². The van der Waals surface area contributed by atoms with Gasteiger partial charge < -0.3 is 5.32 Å². The van der Waals surface area contributed by atoms with Crippen LogP contribution in [0.1, 0.15) is 11.7 Å². The first-order valence-electron chi connectivity index (χ1n) is 8.45. The number of hydrogen-bond acceptors (Lipinski definition) is 3. The quantitative estimate of drug-likeness (QED) is 0.474. The van der Waals surface area contributed by atoms with Crippen molar-refractivity contribution in [1.29, 1.82) is 0 Å². The number of halogens is 2. The van der Waals surface area contributed by atoms with Gasteiger partial charge in [-0.25, -0.2) is 4.98 Å². The van der Waals surface area contributed by atoms with Gasteiger partial charge in [0.15, 0.2) is 0 Å². The van der Waals surface area contributed by atoms with Crippen LogP contribution in [0.25, 0.3) is 22.3 Å². The summed E-state index contributed by atoms with van der Waals surface area (Å²) in [6.07, 6.45) is -0.436. The van der Waals surface area contributed by atoms with E-state index in [4.69, 9.17) is 28.2 Å². The van der Waals surface area contributed by atoms with Crippen molar-refractivity contribution in [3.63, 3.8) is 0 Å². The van der Waals surface area contributed by atoms with Gasteiger partial charge in [0.25, 0.3) is 5.56 Å². The van der Waals surface area contributed by atoms with Crippen LogP contribution in [-0.4, -0.2) is 9.55 Å². The van der Waals surface area contributed by atoms with E-state index in [-0.39, 0.29) is 5.56 Å². The van der Waals surface area contributed by atoms with E-state index in [1.54, 1.807) is 22.8 Å². The summed E-state index contributed by atoms with van der Waals surface area (Å²) < 4.78 is 1.68. The number of aromatic nitrogens is 2. The van der Waals surface area contributed by atoms with Gasteiger partial charge in [0.2, 0.25) is 0 Å². The van der Waals surface area contributed by atoms with E-state index < -0.39 is 6.17 Å². The number of nitrogens with one attached hydrogen (secondary N) is 1. The van der Waals surface area contributed by atoms with Crippen LogP contribution < -0.4 is 10.9 Å². The lowest BCUT2D eigenvalue weighted by atomic mass is 10.0. The molecular weight excluding hydrogens is 381 g/mol. The van der Waals surface area contributed by atoms with Crippen molar-refractivity contribution in [3.8, 4) is 11.4 Å². The van der Waals surface area contributed by atoms with Gasteiger partial charge >= 0.3 is 0 Å². The Kier molecular flexibility index (Phi) is 3.71. The Morgan fingerprint density at radius 3 is 2.56 bits per heavy atom. The molecule has 0 radical (unpaired) electrons. The highest BCUT2D eigenvalue weighted by Crippen LogP contribution is 2.37. The van der Waals surface area contributed by atoms with Crippen molar-refractivity contribution in [2.45, 2.75) is 6.17 Å². The molecule has 1 N–H and O–H groups in total. The Morgan fingerprint density at radius 1 is 0.926 bits per heavy atom. The van der Waals surface area contributed by atoms with E-state index in [1.165, 1.54) is 0 Å². The van der Waals surface area contributed by atoms with Crippen LogP contribution in [0.2, 0.25) is 10.0 Å². The summed E-state index contributed by atoms with van der Waals surface area (Å²) in [7, 11) is 0. The van der Waals surface area contributed by atoms with E-state index in [9.17, 15) is 4.79 Å². The van der Waals surface area contributed by atoms with Crippen LogP contribution >= 0.6 is 23.2 Å². The number of fused-ring (bicyclic) bond motifs is 4. The Hall–Kier alpha value is -2.82. The maximum absolute atomic E-state index is 13.3. The van der Waals surface area contributed by atoms with Crippen LogP contribution in [-0.2, 0) is 0 Å². The van der Waals surface area contributed by atoms with Crippen molar-refractivity contribution in [2.75, 3.05) is 5.32 Å². The Labute approximate surface area is 165 Å². The molecule has 4 aromatic rings. The molecule has 3 aromatic carbocycles. The fourth-order valence-corrected chi connectivity index (χ4v) is 3.81. The van der Waals surface area contributed by atoms with E-state index in [0.29, 0.717) is 26.8 Å². The number of anilines is 1. The molecule has 0 aliphatic carbocycles. The summed E-state index contributed by atoms with van der Waals surface area (Å²) in [6.45, 7) is 0. The molecular formula is C21H13Cl2N3O. The molecule has 5 rings (SSSR count). The average molecular weight is 394 g/mol. The van der Waals surface area contributed by atoms with Crippen molar-refractivity contribution >= 4 is 39.8 Å². The first-order valence-corrected chi connectivity index (χ1v) is 9.21. The number of para-hydroxylation sites is 2. The fourth-order valence-electron chi connectivity index (χ4n) is 3.51. The number of rotatable bonds is 1. The number of benzene rings is 3. The van der Waals surface area contributed by atoms with Gasteiger partial charge in [-0.05, 0) is 42.0 Å². The lowest BCUT2D eigenvalue weighted by Gasteiger charge is -2.31. The number of hydrogen-bond donors (Lipinski definition) is 1. The van der Waals surface area contributed by atoms with Crippen LogP contribution in [0, 0.1) is 0 Å². The average Bonchev–Trinajstić information content (AvgIpc) is 2.70. The van der Waals surface area contributed by atoms with E-state index >= 15 is 0 Å². The third-order valence-electron chi connectivity index (χ3n) is 4.79. The van der Waals surface area contributed by atoms with Gasteiger partial charge in [-0.1, -0.05) is 53.5 Å². The van der Waals surface area contributed by atoms with Gasteiger partial charge in [0.1, 0.15) is 12.0 Å². The van der Waals surface area contributed by atoms with Crippen LogP contribution in [0.5, 0.6) is 0 Å². The molecule has 0 saturated carbocycles. The van der Waals surface area contributed by atoms with Crippen molar-refractivity contribution in [1.82, 2.24) is 9.55 Å². The van der Waals surface area contributed by atoms with Crippen LogP contribution in [0.4, 0.5) is 5.69 Å². The summed E-state index contributed by atoms with van der Waals surface area (Å²) in [5.41, 5.74) is 3.21. The largest absolute Gasteiger partial charge is 0.360 e. The van der Waals surface area contributed by atoms with E-state index in [1.807, 2.05) is 48.5 Å². The zero-order chi connectivity index (χ0) is 18.5. The molecule has 0 fully saturated rings. The van der Waals surface area contributed by atoms with E-state index in [2.05, 4.69) is 5.32 Å². The van der Waals surface area contributed by atoms with Gasteiger partial charge in [0, 0.05) is 11.3 Å². The highest BCUT2D eigenvalue weighted by molar-refractivity contribution is 6.42.